The maximum atomic E-state index is 9.89. The Morgan fingerprint density at radius 2 is 2.23 bits per heavy atom. The Bertz CT molecular complexity index is 309. The second-order valence-electron chi connectivity index (χ2n) is 2.25. The summed E-state index contributed by atoms with van der Waals surface area (Å²) >= 11 is 0. The summed E-state index contributed by atoms with van der Waals surface area (Å²) in [6.07, 6.45) is 2.23. The van der Waals surface area contributed by atoms with Crippen LogP contribution in [0.1, 0.15) is 6.42 Å². The van der Waals surface area contributed by atoms with E-state index in [-0.39, 0.29) is 17.9 Å². The van der Waals surface area contributed by atoms with Crippen LogP contribution in [0.2, 0.25) is 0 Å². The van der Waals surface area contributed by atoms with Gasteiger partial charge < -0.3 is 14.7 Å². The molecule has 1 aromatic rings. The average Bonchev–Trinajstić information content (AvgIpc) is 2.15. The Morgan fingerprint density at radius 3 is 2.92 bits per heavy atom. The van der Waals surface area contributed by atoms with Gasteiger partial charge in [0, 0.05) is 6.42 Å². The van der Waals surface area contributed by atoms with Crippen molar-refractivity contribution < 1.29 is 14.7 Å². The first kappa shape index (κ1) is 9.25. The number of carbonyl (C=O) groups is 1. The third-order valence-corrected chi connectivity index (χ3v) is 1.29. The van der Waals surface area contributed by atoms with Crippen LogP contribution in [-0.2, 0) is 4.79 Å². The fraction of sp³-hybridized carbons (Fsp3) is 0.111. The van der Waals surface area contributed by atoms with E-state index in [0.29, 0.717) is 6.29 Å². The summed E-state index contributed by atoms with van der Waals surface area (Å²) in [5, 5.41) is 12.7. The number of benzene rings is 1. The third-order valence-electron chi connectivity index (χ3n) is 1.29. The quantitative estimate of drug-likeness (QED) is 0.431. The molecule has 4 heteroatoms. The molecule has 0 bridgehead atoms. The molecule has 0 atom stereocenters. The SMILES string of the molecule is O=CC/C=N\Oc1ccccc1O. The number of rotatable bonds is 4. The van der Waals surface area contributed by atoms with Gasteiger partial charge in [-0.1, -0.05) is 17.3 Å². The van der Waals surface area contributed by atoms with E-state index in [0.717, 1.165) is 0 Å². The number of phenols is 1. The van der Waals surface area contributed by atoms with Gasteiger partial charge in [-0.25, -0.2) is 0 Å². The molecule has 0 heterocycles. The predicted octanol–water partition coefficient (Wildman–Crippen LogP) is 1.35. The van der Waals surface area contributed by atoms with E-state index in [1.165, 1.54) is 12.3 Å². The number of oxime groups is 1. The van der Waals surface area contributed by atoms with Crippen molar-refractivity contribution in [1.82, 2.24) is 0 Å². The molecule has 0 radical (unpaired) electrons. The Kier molecular flexibility index (Phi) is 3.50. The maximum absolute atomic E-state index is 9.89. The molecule has 0 fully saturated rings. The fourth-order valence-electron chi connectivity index (χ4n) is 0.714. The zero-order valence-corrected chi connectivity index (χ0v) is 6.88. The van der Waals surface area contributed by atoms with Crippen LogP contribution in [0.5, 0.6) is 11.5 Å². The first-order valence-corrected chi connectivity index (χ1v) is 3.75. The summed E-state index contributed by atoms with van der Waals surface area (Å²) in [5.41, 5.74) is 0. The summed E-state index contributed by atoms with van der Waals surface area (Å²) in [7, 11) is 0. The highest BCUT2D eigenvalue weighted by Gasteiger charge is 1.97. The van der Waals surface area contributed by atoms with Gasteiger partial charge in [-0.15, -0.1) is 0 Å². The van der Waals surface area contributed by atoms with E-state index in [1.54, 1.807) is 18.2 Å². The Balaban J connectivity index is 2.54. The van der Waals surface area contributed by atoms with Crippen molar-refractivity contribution in [2.24, 2.45) is 5.16 Å². The molecule has 13 heavy (non-hydrogen) atoms. The van der Waals surface area contributed by atoms with E-state index < -0.39 is 0 Å². The number of nitrogens with zero attached hydrogens (tertiary/aromatic N) is 1. The molecular formula is C9H9NO3. The molecule has 1 rings (SSSR count). The highest BCUT2D eigenvalue weighted by Crippen LogP contribution is 2.24. The molecule has 0 aromatic heterocycles. The van der Waals surface area contributed by atoms with Crippen LogP contribution in [0.4, 0.5) is 0 Å². The van der Waals surface area contributed by atoms with Crippen molar-refractivity contribution >= 4 is 12.5 Å². The Hall–Kier alpha value is -1.84. The average molecular weight is 179 g/mol. The summed E-state index contributed by atoms with van der Waals surface area (Å²) < 4.78 is 0. The zero-order chi connectivity index (χ0) is 9.52. The maximum Gasteiger partial charge on any atom is 0.199 e. The summed E-state index contributed by atoms with van der Waals surface area (Å²) in [6, 6.07) is 6.46. The molecule has 0 spiro atoms. The number of para-hydroxylation sites is 2. The number of aromatic hydroxyl groups is 1. The van der Waals surface area contributed by atoms with Gasteiger partial charge in [0.2, 0.25) is 0 Å². The van der Waals surface area contributed by atoms with E-state index in [2.05, 4.69) is 5.16 Å². The lowest BCUT2D eigenvalue weighted by Crippen LogP contribution is -1.85. The van der Waals surface area contributed by atoms with Crippen molar-refractivity contribution in [2.75, 3.05) is 0 Å². The van der Waals surface area contributed by atoms with Gasteiger partial charge >= 0.3 is 0 Å². The van der Waals surface area contributed by atoms with Crippen molar-refractivity contribution in [3.8, 4) is 11.5 Å². The minimum absolute atomic E-state index is 0.0192. The van der Waals surface area contributed by atoms with Crippen LogP contribution in [0.25, 0.3) is 0 Å². The van der Waals surface area contributed by atoms with Crippen LogP contribution in [0.3, 0.4) is 0 Å². The fourth-order valence-corrected chi connectivity index (χ4v) is 0.714. The van der Waals surface area contributed by atoms with Crippen LogP contribution >= 0.6 is 0 Å². The molecule has 1 N–H and O–H groups in total. The molecule has 1 aromatic carbocycles. The second-order valence-corrected chi connectivity index (χ2v) is 2.25. The molecule has 0 amide bonds. The highest BCUT2D eigenvalue weighted by molar-refractivity contribution is 5.75. The van der Waals surface area contributed by atoms with Crippen molar-refractivity contribution in [1.29, 1.82) is 0 Å². The van der Waals surface area contributed by atoms with Crippen molar-refractivity contribution in [2.45, 2.75) is 6.42 Å². The van der Waals surface area contributed by atoms with Gasteiger partial charge in [-0.05, 0) is 12.1 Å². The highest BCUT2D eigenvalue weighted by atomic mass is 16.6. The molecule has 0 aliphatic carbocycles. The van der Waals surface area contributed by atoms with Gasteiger partial charge in [0.1, 0.15) is 6.29 Å². The summed E-state index contributed by atoms with van der Waals surface area (Å²) in [4.78, 5) is 14.7. The first-order chi connectivity index (χ1) is 6.34. The molecule has 4 nitrogen and oxygen atoms in total. The van der Waals surface area contributed by atoms with Crippen molar-refractivity contribution in [3.63, 3.8) is 0 Å². The predicted molar refractivity (Wildman–Crippen MR) is 47.9 cm³/mol. The lowest BCUT2D eigenvalue weighted by molar-refractivity contribution is -0.106. The van der Waals surface area contributed by atoms with Crippen LogP contribution in [0.15, 0.2) is 29.4 Å². The number of carbonyl (C=O) groups excluding carboxylic acids is 1. The lowest BCUT2D eigenvalue weighted by atomic mass is 10.3. The topological polar surface area (TPSA) is 58.9 Å². The number of hydrogen-bond acceptors (Lipinski definition) is 4. The van der Waals surface area contributed by atoms with E-state index in [1.807, 2.05) is 0 Å². The molecule has 0 saturated carbocycles. The standard InChI is InChI=1S/C9H9NO3/c11-7-3-6-10-13-9-5-2-1-4-8(9)12/h1-2,4-7,12H,3H2/b10-6-. The van der Waals surface area contributed by atoms with Gasteiger partial charge in [-0.3, -0.25) is 0 Å². The van der Waals surface area contributed by atoms with Gasteiger partial charge in [0.15, 0.2) is 11.5 Å². The van der Waals surface area contributed by atoms with Gasteiger partial charge in [-0.2, -0.15) is 0 Å². The summed E-state index contributed by atoms with van der Waals surface area (Å²) in [6.45, 7) is 0. The minimum Gasteiger partial charge on any atom is -0.504 e. The molecule has 0 aliphatic rings. The normalized spacial score (nSPS) is 10.2. The van der Waals surface area contributed by atoms with E-state index in [4.69, 9.17) is 4.84 Å². The first-order valence-electron chi connectivity index (χ1n) is 3.75. The van der Waals surface area contributed by atoms with E-state index >= 15 is 0 Å². The molecule has 0 saturated heterocycles. The third kappa shape index (κ3) is 2.94. The second kappa shape index (κ2) is 4.92. The summed E-state index contributed by atoms with van der Waals surface area (Å²) in [5.74, 6) is 0.287. The molecular weight excluding hydrogens is 170 g/mol. The van der Waals surface area contributed by atoms with Gasteiger partial charge in [0.25, 0.3) is 0 Å². The number of phenolic OH excluding ortho intramolecular Hbond substituents is 1. The monoisotopic (exact) mass is 179 g/mol. The van der Waals surface area contributed by atoms with E-state index in [9.17, 15) is 9.90 Å². The number of aldehydes is 1. The molecule has 0 unspecified atom stereocenters. The number of hydrogen-bond donors (Lipinski definition) is 1. The van der Waals surface area contributed by atoms with Crippen LogP contribution in [-0.4, -0.2) is 17.6 Å². The zero-order valence-electron chi connectivity index (χ0n) is 6.88. The Morgan fingerprint density at radius 1 is 1.46 bits per heavy atom. The smallest absolute Gasteiger partial charge is 0.199 e. The molecule has 0 aliphatic heterocycles. The van der Waals surface area contributed by atoms with Crippen LogP contribution in [0, 0.1) is 0 Å². The minimum atomic E-state index is 0.0192. The van der Waals surface area contributed by atoms with Crippen LogP contribution < -0.4 is 4.84 Å². The van der Waals surface area contributed by atoms with Gasteiger partial charge in [0.05, 0.1) is 6.21 Å². The Labute approximate surface area is 75.4 Å². The largest absolute Gasteiger partial charge is 0.504 e. The lowest BCUT2D eigenvalue weighted by Gasteiger charge is -1.98. The molecule has 68 valence electrons. The van der Waals surface area contributed by atoms with Crippen molar-refractivity contribution in [3.05, 3.63) is 24.3 Å².